The second-order valence-electron chi connectivity index (χ2n) is 4.76. The van der Waals surface area contributed by atoms with Crippen molar-refractivity contribution in [1.29, 1.82) is 0 Å². The standard InChI is InChI=1S/C14H22N2O2/c1-11(15)14(16-9-3-4-10-18-16)12-5-7-13(17-2)8-6-12/h5-8,11,14H,3-4,9-10,15H2,1-2H3. The highest BCUT2D eigenvalue weighted by Gasteiger charge is 2.26. The van der Waals surface area contributed by atoms with Crippen molar-refractivity contribution < 1.29 is 9.57 Å². The van der Waals surface area contributed by atoms with Gasteiger partial charge in [-0.2, -0.15) is 5.06 Å². The molecule has 0 aliphatic carbocycles. The molecule has 2 atom stereocenters. The minimum Gasteiger partial charge on any atom is -0.497 e. The molecule has 1 aromatic carbocycles. The number of methoxy groups -OCH3 is 1. The van der Waals surface area contributed by atoms with Crippen molar-refractivity contribution in [3.8, 4) is 5.75 Å². The molecule has 0 bridgehead atoms. The summed E-state index contributed by atoms with van der Waals surface area (Å²) in [5.74, 6) is 0.863. The van der Waals surface area contributed by atoms with Crippen LogP contribution >= 0.6 is 0 Å². The summed E-state index contributed by atoms with van der Waals surface area (Å²) >= 11 is 0. The third kappa shape index (κ3) is 3.02. The van der Waals surface area contributed by atoms with Crippen molar-refractivity contribution in [3.05, 3.63) is 29.8 Å². The summed E-state index contributed by atoms with van der Waals surface area (Å²) in [5, 5.41) is 2.02. The van der Waals surface area contributed by atoms with Crippen LogP contribution in [-0.2, 0) is 4.84 Å². The minimum atomic E-state index is 0.0245. The van der Waals surface area contributed by atoms with Crippen LogP contribution in [0.1, 0.15) is 31.4 Å². The van der Waals surface area contributed by atoms with Gasteiger partial charge in [0.1, 0.15) is 5.75 Å². The number of hydroxylamine groups is 2. The van der Waals surface area contributed by atoms with E-state index in [0.29, 0.717) is 0 Å². The lowest BCUT2D eigenvalue weighted by atomic mass is 10.00. The summed E-state index contributed by atoms with van der Waals surface area (Å²) in [6.07, 6.45) is 2.30. The molecule has 1 heterocycles. The van der Waals surface area contributed by atoms with Crippen molar-refractivity contribution in [1.82, 2.24) is 5.06 Å². The molecule has 100 valence electrons. The van der Waals surface area contributed by atoms with Gasteiger partial charge in [-0.1, -0.05) is 12.1 Å². The maximum absolute atomic E-state index is 6.12. The predicted octanol–water partition coefficient (Wildman–Crippen LogP) is 2.11. The predicted molar refractivity (Wildman–Crippen MR) is 71.3 cm³/mol. The average Bonchev–Trinajstić information content (AvgIpc) is 2.40. The topological polar surface area (TPSA) is 47.7 Å². The fraction of sp³-hybridized carbons (Fsp3) is 0.571. The monoisotopic (exact) mass is 250 g/mol. The third-order valence-corrected chi connectivity index (χ3v) is 3.30. The van der Waals surface area contributed by atoms with Crippen LogP contribution in [0.3, 0.4) is 0 Å². The Morgan fingerprint density at radius 3 is 2.50 bits per heavy atom. The van der Waals surface area contributed by atoms with Crippen molar-refractivity contribution in [2.75, 3.05) is 20.3 Å². The molecule has 0 amide bonds. The smallest absolute Gasteiger partial charge is 0.118 e. The van der Waals surface area contributed by atoms with Gasteiger partial charge in [-0.15, -0.1) is 0 Å². The van der Waals surface area contributed by atoms with Crippen molar-refractivity contribution in [2.45, 2.75) is 31.8 Å². The van der Waals surface area contributed by atoms with Gasteiger partial charge in [0.05, 0.1) is 19.8 Å². The van der Waals surface area contributed by atoms with Crippen LogP contribution in [0.15, 0.2) is 24.3 Å². The number of hydrogen-bond acceptors (Lipinski definition) is 4. The maximum atomic E-state index is 6.12. The van der Waals surface area contributed by atoms with E-state index in [9.17, 15) is 0 Å². The van der Waals surface area contributed by atoms with E-state index in [1.807, 2.05) is 24.1 Å². The average molecular weight is 250 g/mol. The van der Waals surface area contributed by atoms with Gasteiger partial charge in [0.15, 0.2) is 0 Å². The molecule has 1 fully saturated rings. The Morgan fingerprint density at radius 2 is 2.00 bits per heavy atom. The van der Waals surface area contributed by atoms with Crippen molar-refractivity contribution in [2.24, 2.45) is 5.73 Å². The molecule has 0 spiro atoms. The van der Waals surface area contributed by atoms with Crippen LogP contribution in [0.5, 0.6) is 5.75 Å². The highest BCUT2D eigenvalue weighted by molar-refractivity contribution is 5.29. The van der Waals surface area contributed by atoms with E-state index in [-0.39, 0.29) is 12.1 Å². The summed E-state index contributed by atoms with van der Waals surface area (Å²) in [7, 11) is 1.67. The van der Waals surface area contributed by atoms with Gasteiger partial charge in [-0.3, -0.25) is 4.84 Å². The summed E-state index contributed by atoms with van der Waals surface area (Å²) < 4.78 is 5.18. The van der Waals surface area contributed by atoms with E-state index in [0.717, 1.165) is 25.3 Å². The Kier molecular flexibility index (Phi) is 4.58. The van der Waals surface area contributed by atoms with Crippen LogP contribution in [0.2, 0.25) is 0 Å². The first-order valence-corrected chi connectivity index (χ1v) is 6.51. The van der Waals surface area contributed by atoms with Gasteiger partial charge in [-0.05, 0) is 37.5 Å². The molecule has 18 heavy (non-hydrogen) atoms. The Hall–Kier alpha value is -1.10. The summed E-state index contributed by atoms with van der Waals surface area (Å²) in [6, 6.07) is 8.19. The van der Waals surface area contributed by atoms with Gasteiger partial charge in [0.2, 0.25) is 0 Å². The van der Waals surface area contributed by atoms with E-state index in [1.165, 1.54) is 12.0 Å². The molecular weight excluding hydrogens is 228 g/mol. The van der Waals surface area contributed by atoms with Gasteiger partial charge < -0.3 is 10.5 Å². The number of benzene rings is 1. The summed E-state index contributed by atoms with van der Waals surface area (Å²) in [6.45, 7) is 3.75. The fourth-order valence-electron chi connectivity index (χ4n) is 2.37. The van der Waals surface area contributed by atoms with Gasteiger partial charge in [-0.25, -0.2) is 0 Å². The lowest BCUT2D eigenvalue weighted by molar-refractivity contribution is -0.211. The van der Waals surface area contributed by atoms with Gasteiger partial charge in [0.25, 0.3) is 0 Å². The molecule has 2 rings (SSSR count). The summed E-state index contributed by atoms with van der Waals surface area (Å²) in [5.41, 5.74) is 7.29. The van der Waals surface area contributed by atoms with Gasteiger partial charge in [0, 0.05) is 12.6 Å². The van der Waals surface area contributed by atoms with E-state index >= 15 is 0 Å². The molecule has 2 unspecified atom stereocenters. The molecule has 0 saturated carbocycles. The molecule has 1 aliphatic heterocycles. The second-order valence-corrected chi connectivity index (χ2v) is 4.76. The fourth-order valence-corrected chi connectivity index (χ4v) is 2.37. The van der Waals surface area contributed by atoms with Crippen molar-refractivity contribution in [3.63, 3.8) is 0 Å². The Bertz CT molecular complexity index is 359. The number of nitrogens with two attached hydrogens (primary N) is 1. The van der Waals surface area contributed by atoms with Crippen LogP contribution in [-0.4, -0.2) is 31.4 Å². The van der Waals surface area contributed by atoms with E-state index in [1.54, 1.807) is 7.11 Å². The zero-order valence-electron chi connectivity index (χ0n) is 11.1. The first-order valence-electron chi connectivity index (χ1n) is 6.51. The first kappa shape index (κ1) is 13.3. The first-order chi connectivity index (χ1) is 8.72. The highest BCUT2D eigenvalue weighted by atomic mass is 16.7. The molecule has 1 aromatic rings. The minimum absolute atomic E-state index is 0.0245. The SMILES string of the molecule is COc1ccc(C(C(C)N)N2CCCCO2)cc1. The Labute approximate surface area is 109 Å². The molecule has 1 aliphatic rings. The van der Waals surface area contributed by atoms with Crippen LogP contribution < -0.4 is 10.5 Å². The lowest BCUT2D eigenvalue weighted by Gasteiger charge is -2.36. The molecular formula is C14H22N2O2. The molecule has 2 N–H and O–H groups in total. The quantitative estimate of drug-likeness (QED) is 0.889. The molecule has 0 radical (unpaired) electrons. The van der Waals surface area contributed by atoms with Gasteiger partial charge >= 0.3 is 0 Å². The molecule has 4 heteroatoms. The zero-order chi connectivity index (χ0) is 13.0. The maximum Gasteiger partial charge on any atom is 0.118 e. The van der Waals surface area contributed by atoms with Crippen molar-refractivity contribution >= 4 is 0 Å². The summed E-state index contributed by atoms with van der Waals surface area (Å²) in [4.78, 5) is 5.73. The Morgan fingerprint density at radius 1 is 1.28 bits per heavy atom. The van der Waals surface area contributed by atoms with E-state index in [2.05, 4.69) is 12.1 Å². The normalized spacial score (nSPS) is 20.4. The molecule has 4 nitrogen and oxygen atoms in total. The van der Waals surface area contributed by atoms with E-state index in [4.69, 9.17) is 15.3 Å². The molecule has 0 aromatic heterocycles. The highest BCUT2D eigenvalue weighted by Crippen LogP contribution is 2.27. The lowest BCUT2D eigenvalue weighted by Crippen LogP contribution is -2.42. The third-order valence-electron chi connectivity index (χ3n) is 3.30. The number of hydrogen-bond donors (Lipinski definition) is 1. The number of ether oxygens (including phenoxy) is 1. The number of nitrogens with zero attached hydrogens (tertiary/aromatic N) is 1. The van der Waals surface area contributed by atoms with Crippen LogP contribution in [0.25, 0.3) is 0 Å². The molecule has 1 saturated heterocycles. The zero-order valence-corrected chi connectivity index (χ0v) is 11.1. The number of rotatable bonds is 4. The Balaban J connectivity index is 2.17. The van der Waals surface area contributed by atoms with Crippen LogP contribution in [0, 0.1) is 0 Å². The van der Waals surface area contributed by atoms with E-state index < -0.39 is 0 Å². The second kappa shape index (κ2) is 6.18. The largest absolute Gasteiger partial charge is 0.497 e. The van der Waals surface area contributed by atoms with Crippen LogP contribution in [0.4, 0.5) is 0 Å².